The maximum atomic E-state index is 11.8. The number of unbranched alkanes of at least 4 members (excludes halogenated alkanes) is 19. The Kier molecular flexibility index (Phi) is 27.1. The van der Waals surface area contributed by atoms with Crippen molar-refractivity contribution < 1.29 is 24.2 Å². The number of rotatable bonds is 27. The highest BCUT2D eigenvalue weighted by molar-refractivity contribution is 5.69. The van der Waals surface area contributed by atoms with Crippen LogP contribution in [0.5, 0.6) is 0 Å². The topological polar surface area (TPSA) is 72.8 Å². The van der Waals surface area contributed by atoms with Crippen molar-refractivity contribution in [2.75, 3.05) is 13.2 Å². The minimum Gasteiger partial charge on any atom is -0.462 e. The van der Waals surface area contributed by atoms with Gasteiger partial charge < -0.3 is 14.6 Å². The first-order chi connectivity index (χ1) is 17.6. The van der Waals surface area contributed by atoms with Crippen molar-refractivity contribution >= 4 is 11.9 Å². The molecule has 1 N–H and O–H groups in total. The average molecular weight is 511 g/mol. The van der Waals surface area contributed by atoms with Crippen molar-refractivity contribution in [3.05, 3.63) is 12.2 Å². The monoisotopic (exact) mass is 510 g/mol. The summed E-state index contributed by atoms with van der Waals surface area (Å²) in [5, 5.41) is 9.17. The molecule has 212 valence electrons. The van der Waals surface area contributed by atoms with Crippen molar-refractivity contribution in [3.63, 3.8) is 0 Å². The summed E-state index contributed by atoms with van der Waals surface area (Å²) in [6.45, 7) is 3.14. The zero-order chi connectivity index (χ0) is 26.5. The first kappa shape index (κ1) is 34.6. The fourth-order valence-electron chi connectivity index (χ4n) is 4.33. The van der Waals surface area contributed by atoms with Gasteiger partial charge in [-0.3, -0.25) is 9.59 Å². The maximum Gasteiger partial charge on any atom is 0.306 e. The molecular formula is C31H58O5. The van der Waals surface area contributed by atoms with Crippen LogP contribution in [0.15, 0.2) is 12.2 Å². The molecular weight excluding hydrogens is 452 g/mol. The second-order valence-electron chi connectivity index (χ2n) is 10.3. The van der Waals surface area contributed by atoms with Crippen LogP contribution >= 0.6 is 0 Å². The Balaban J connectivity index is 3.29. The number of aliphatic hydroxyl groups is 1. The molecule has 0 amide bonds. The van der Waals surface area contributed by atoms with Gasteiger partial charge in [0.1, 0.15) is 6.61 Å². The van der Waals surface area contributed by atoms with E-state index in [1.165, 1.54) is 122 Å². The van der Waals surface area contributed by atoms with Crippen molar-refractivity contribution in [3.8, 4) is 0 Å². The Bertz CT molecular complexity index is 517. The number of carbonyl (C=O) groups excluding carboxylic acids is 2. The number of allylic oxidation sites excluding steroid dienone is 2. The molecule has 5 heteroatoms. The third-order valence-electron chi connectivity index (χ3n) is 6.62. The molecule has 0 saturated heterocycles. The Morgan fingerprint density at radius 1 is 0.667 bits per heavy atom. The van der Waals surface area contributed by atoms with E-state index in [0.29, 0.717) is 6.42 Å². The van der Waals surface area contributed by atoms with Gasteiger partial charge in [0.25, 0.3) is 0 Å². The van der Waals surface area contributed by atoms with Crippen LogP contribution in [-0.4, -0.2) is 36.4 Å². The number of hydrogen-bond donors (Lipinski definition) is 1. The fourth-order valence-corrected chi connectivity index (χ4v) is 4.33. The number of esters is 2. The predicted molar refractivity (Wildman–Crippen MR) is 150 cm³/mol. The van der Waals surface area contributed by atoms with Gasteiger partial charge in [-0.15, -0.1) is 0 Å². The first-order valence-corrected chi connectivity index (χ1v) is 15.2. The molecule has 0 fully saturated rings. The zero-order valence-corrected chi connectivity index (χ0v) is 23.8. The summed E-state index contributed by atoms with van der Waals surface area (Å²) < 4.78 is 9.90. The third kappa shape index (κ3) is 27.2. The number of carbonyl (C=O) groups is 2. The lowest BCUT2D eigenvalue weighted by molar-refractivity contribution is -0.160. The summed E-state index contributed by atoms with van der Waals surface area (Å²) in [5.41, 5.74) is 0. The van der Waals surface area contributed by atoms with E-state index in [2.05, 4.69) is 19.1 Å². The Morgan fingerprint density at radius 2 is 1.08 bits per heavy atom. The lowest BCUT2D eigenvalue weighted by atomic mass is 10.0. The predicted octanol–water partition coefficient (Wildman–Crippen LogP) is 8.61. The number of hydrogen-bond acceptors (Lipinski definition) is 5. The minimum absolute atomic E-state index is 0.0893. The van der Waals surface area contributed by atoms with Gasteiger partial charge in [0.05, 0.1) is 6.61 Å². The average Bonchev–Trinajstić information content (AvgIpc) is 2.86. The fraction of sp³-hybridized carbons (Fsp3) is 0.871. The molecule has 0 saturated carbocycles. The van der Waals surface area contributed by atoms with E-state index in [1.54, 1.807) is 0 Å². The van der Waals surface area contributed by atoms with Crippen LogP contribution < -0.4 is 0 Å². The van der Waals surface area contributed by atoms with Gasteiger partial charge in [0.15, 0.2) is 6.10 Å². The van der Waals surface area contributed by atoms with Gasteiger partial charge >= 0.3 is 11.9 Å². The zero-order valence-electron chi connectivity index (χ0n) is 23.8. The van der Waals surface area contributed by atoms with E-state index in [9.17, 15) is 14.7 Å². The molecule has 0 aliphatic carbocycles. The molecule has 36 heavy (non-hydrogen) atoms. The second-order valence-corrected chi connectivity index (χ2v) is 10.3. The molecule has 0 rings (SSSR count). The molecule has 1 atom stereocenters. The molecule has 0 aliphatic heterocycles. The van der Waals surface area contributed by atoms with Crippen LogP contribution in [0.4, 0.5) is 0 Å². The van der Waals surface area contributed by atoms with E-state index in [4.69, 9.17) is 9.47 Å². The molecule has 0 spiro atoms. The number of aliphatic hydroxyl groups excluding tert-OH is 1. The maximum absolute atomic E-state index is 11.8. The van der Waals surface area contributed by atoms with Gasteiger partial charge in [-0.1, -0.05) is 122 Å². The normalized spacial score (nSPS) is 12.2. The molecule has 0 bridgehead atoms. The lowest BCUT2D eigenvalue weighted by Crippen LogP contribution is -2.28. The SMILES string of the molecule is CCCCCCCCCC/C=C\CCCCCCCCCCCCCC(=O)OC(CO)COC(C)=O. The van der Waals surface area contributed by atoms with E-state index in [-0.39, 0.29) is 19.2 Å². The van der Waals surface area contributed by atoms with E-state index in [1.807, 2.05) is 0 Å². The molecule has 0 aromatic carbocycles. The molecule has 5 nitrogen and oxygen atoms in total. The van der Waals surface area contributed by atoms with Crippen LogP contribution in [0.2, 0.25) is 0 Å². The number of ether oxygens (including phenoxy) is 2. The molecule has 0 aromatic rings. The van der Waals surface area contributed by atoms with Crippen LogP contribution in [-0.2, 0) is 19.1 Å². The summed E-state index contributed by atoms with van der Waals surface area (Å²) >= 11 is 0. The minimum atomic E-state index is -0.762. The summed E-state index contributed by atoms with van der Waals surface area (Å²) in [5.74, 6) is -0.781. The van der Waals surface area contributed by atoms with Crippen molar-refractivity contribution in [2.24, 2.45) is 0 Å². The van der Waals surface area contributed by atoms with Crippen LogP contribution in [0, 0.1) is 0 Å². The smallest absolute Gasteiger partial charge is 0.306 e. The summed E-state index contributed by atoms with van der Waals surface area (Å²) in [4.78, 5) is 22.6. The lowest BCUT2D eigenvalue weighted by Gasteiger charge is -2.15. The largest absolute Gasteiger partial charge is 0.462 e. The third-order valence-corrected chi connectivity index (χ3v) is 6.62. The quantitative estimate of drug-likeness (QED) is 0.0680. The molecule has 0 aliphatic rings. The Labute approximate surface area is 222 Å². The van der Waals surface area contributed by atoms with Crippen molar-refractivity contribution in [1.82, 2.24) is 0 Å². The van der Waals surface area contributed by atoms with Gasteiger partial charge in [-0.25, -0.2) is 0 Å². The van der Waals surface area contributed by atoms with Crippen molar-refractivity contribution in [2.45, 2.75) is 161 Å². The summed E-state index contributed by atoms with van der Waals surface area (Å²) in [6.07, 6.45) is 31.7. The van der Waals surface area contributed by atoms with E-state index < -0.39 is 12.1 Å². The van der Waals surface area contributed by atoms with Crippen LogP contribution in [0.25, 0.3) is 0 Å². The second kappa shape index (κ2) is 28.2. The Morgan fingerprint density at radius 3 is 1.50 bits per heavy atom. The Hall–Kier alpha value is -1.36. The van der Waals surface area contributed by atoms with Crippen LogP contribution in [0.3, 0.4) is 0 Å². The van der Waals surface area contributed by atoms with Gasteiger partial charge in [0, 0.05) is 13.3 Å². The molecule has 0 radical (unpaired) electrons. The van der Waals surface area contributed by atoms with Crippen molar-refractivity contribution in [1.29, 1.82) is 0 Å². The highest BCUT2D eigenvalue weighted by Gasteiger charge is 2.14. The molecule has 0 heterocycles. The van der Waals surface area contributed by atoms with E-state index in [0.717, 1.165) is 19.3 Å². The standard InChI is InChI=1S/C31H58O5/c1-3-4-5-6-7-8-9-10-11-12-13-14-15-16-17-18-19-20-21-22-23-24-25-26-31(34)36-30(27-32)28-35-29(2)33/h12-13,30,32H,3-11,14-28H2,1-2H3/b13-12-. The van der Waals surface area contributed by atoms with Gasteiger partial charge in [-0.05, 0) is 32.1 Å². The van der Waals surface area contributed by atoms with Gasteiger partial charge in [0.2, 0.25) is 0 Å². The summed E-state index contributed by atoms with van der Waals surface area (Å²) in [6, 6.07) is 0. The first-order valence-electron chi connectivity index (χ1n) is 15.2. The van der Waals surface area contributed by atoms with Crippen LogP contribution in [0.1, 0.15) is 155 Å². The molecule has 0 aromatic heterocycles. The highest BCUT2D eigenvalue weighted by atomic mass is 16.6. The molecule has 1 unspecified atom stereocenters. The highest BCUT2D eigenvalue weighted by Crippen LogP contribution is 2.14. The van der Waals surface area contributed by atoms with Gasteiger partial charge in [-0.2, -0.15) is 0 Å². The van der Waals surface area contributed by atoms with E-state index >= 15 is 0 Å². The summed E-state index contributed by atoms with van der Waals surface area (Å²) in [7, 11) is 0.